The Morgan fingerprint density at radius 2 is 2.21 bits per heavy atom. The number of nitrogens with zero attached hydrogens (tertiary/aromatic N) is 2. The molecule has 1 amide bonds. The summed E-state index contributed by atoms with van der Waals surface area (Å²) in [5, 5.41) is 0. The quantitative estimate of drug-likeness (QED) is 0.179. The van der Waals surface area contributed by atoms with Crippen LogP contribution in [0.2, 0.25) is 0 Å². The van der Waals surface area contributed by atoms with Crippen LogP contribution in [0.3, 0.4) is 0 Å². The summed E-state index contributed by atoms with van der Waals surface area (Å²) in [6.45, 7) is 4.35. The molecule has 1 aliphatic heterocycles. The molecule has 0 aromatic carbocycles. The van der Waals surface area contributed by atoms with Crippen LogP contribution in [0.5, 0.6) is 0 Å². The summed E-state index contributed by atoms with van der Waals surface area (Å²) in [6, 6.07) is 0. The number of hydrogen-bond donors (Lipinski definition) is 3. The molecule has 0 atom stereocenters. The van der Waals surface area contributed by atoms with Gasteiger partial charge in [-0.05, 0) is 13.8 Å². The Morgan fingerprint density at radius 3 is 2.29 bits per heavy atom. The van der Waals surface area contributed by atoms with Gasteiger partial charge in [0.15, 0.2) is 0 Å². The zero-order valence-corrected chi connectivity index (χ0v) is 9.04. The van der Waals surface area contributed by atoms with E-state index in [0.29, 0.717) is 11.4 Å². The van der Waals surface area contributed by atoms with Gasteiger partial charge in [-0.3, -0.25) is 15.2 Å². The van der Waals surface area contributed by atoms with Gasteiger partial charge in [-0.2, -0.15) is 0 Å². The first kappa shape index (κ1) is 15.1. The number of amidine groups is 1. The van der Waals surface area contributed by atoms with Gasteiger partial charge in [-0.1, -0.05) is 12.2 Å². The third-order valence-corrected chi connectivity index (χ3v) is 0.748. The third-order valence-electron chi connectivity index (χ3n) is 0.748. The van der Waals surface area contributed by atoms with Gasteiger partial charge in [0.2, 0.25) is 6.41 Å². The molecule has 0 aromatic rings. The second-order valence-electron chi connectivity index (χ2n) is 2.09. The molecule has 14 heavy (non-hydrogen) atoms. The van der Waals surface area contributed by atoms with Crippen LogP contribution in [0.15, 0.2) is 9.98 Å². The zero-order chi connectivity index (χ0) is 11.4. The predicted octanol–water partition coefficient (Wildman–Crippen LogP) is -0.612. The predicted molar refractivity (Wildman–Crippen MR) is 62.3 cm³/mol. The average Bonchev–Trinajstić information content (AvgIpc) is 2.55. The van der Waals surface area contributed by atoms with Gasteiger partial charge >= 0.3 is 0 Å². The van der Waals surface area contributed by atoms with E-state index >= 15 is 0 Å². The molecule has 1 heterocycles. The Bertz CT molecular complexity index is 219. The fraction of sp³-hybridized carbons (Fsp3) is 0.429. The molecule has 0 saturated heterocycles. The molecule has 7 heteroatoms. The highest BCUT2D eigenvalue weighted by molar-refractivity contribution is 7.80. The van der Waals surface area contributed by atoms with Crippen molar-refractivity contribution in [1.82, 2.24) is 5.43 Å². The van der Waals surface area contributed by atoms with Crippen molar-refractivity contribution in [2.75, 3.05) is 6.54 Å². The minimum atomic E-state index is 0.403. The largest absolute Gasteiger partial charge is 0.394 e. The van der Waals surface area contributed by atoms with Crippen LogP contribution in [0.1, 0.15) is 13.8 Å². The van der Waals surface area contributed by atoms with E-state index in [1.807, 2.05) is 6.92 Å². The summed E-state index contributed by atoms with van der Waals surface area (Å²) in [7, 11) is 0. The number of amides is 1. The lowest BCUT2D eigenvalue weighted by molar-refractivity contribution is -0.109. The molecule has 1 rings (SSSR count). The molecule has 0 spiro atoms. The van der Waals surface area contributed by atoms with E-state index in [0.717, 1.165) is 12.4 Å². The maximum atomic E-state index is 8.94. The van der Waals surface area contributed by atoms with E-state index in [2.05, 4.69) is 28.0 Å². The number of aliphatic imine (C=N–C) groups is 2. The minimum Gasteiger partial charge on any atom is -0.394 e. The fourth-order valence-electron chi connectivity index (χ4n) is 0.387. The summed E-state index contributed by atoms with van der Waals surface area (Å²) in [5.41, 5.74) is 6.59. The Hall–Kier alpha value is -1.34. The standard InChI is InChI=1S/C4H6N2.C2H5NS.CH4N2O/c1-4-5-2-3-6-4;1-2(3)4;2-3-1-4/h2H,3H2,1H3;1H3,(H2,3,4);1H,2H2,(H,3,4). The number of nitrogens with one attached hydrogen (secondary N) is 1. The van der Waals surface area contributed by atoms with E-state index in [1.54, 1.807) is 18.6 Å². The van der Waals surface area contributed by atoms with E-state index in [9.17, 15) is 0 Å². The maximum absolute atomic E-state index is 8.94. The summed E-state index contributed by atoms with van der Waals surface area (Å²) in [5.74, 6) is 5.31. The molecular weight excluding hydrogens is 202 g/mol. The number of rotatable bonds is 1. The summed E-state index contributed by atoms with van der Waals surface area (Å²) >= 11 is 4.31. The lowest BCUT2D eigenvalue weighted by Crippen LogP contribution is -2.18. The molecular formula is C7H15N5OS. The van der Waals surface area contributed by atoms with Gasteiger partial charge in [-0.15, -0.1) is 0 Å². The first-order valence-electron chi connectivity index (χ1n) is 3.74. The highest BCUT2D eigenvalue weighted by Gasteiger charge is 1.87. The lowest BCUT2D eigenvalue weighted by atomic mass is 10.7. The second-order valence-corrected chi connectivity index (χ2v) is 2.74. The minimum absolute atomic E-state index is 0.403. The number of carbonyl (C=O) groups excluding carboxylic acids is 1. The van der Waals surface area contributed by atoms with Gasteiger partial charge in [0, 0.05) is 6.21 Å². The summed E-state index contributed by atoms with van der Waals surface area (Å²) in [4.78, 5) is 17.2. The lowest BCUT2D eigenvalue weighted by Gasteiger charge is -1.71. The Morgan fingerprint density at radius 1 is 1.79 bits per heavy atom. The van der Waals surface area contributed by atoms with Gasteiger partial charge in [0.05, 0.1) is 11.5 Å². The van der Waals surface area contributed by atoms with Crippen LogP contribution in [-0.2, 0) is 4.79 Å². The molecule has 1 aliphatic rings. The van der Waals surface area contributed by atoms with Crippen LogP contribution < -0.4 is 17.0 Å². The van der Waals surface area contributed by atoms with E-state index in [1.165, 1.54) is 0 Å². The number of thiocarbonyl (C=S) groups is 1. The van der Waals surface area contributed by atoms with E-state index in [-0.39, 0.29) is 0 Å². The molecule has 0 unspecified atom stereocenters. The Labute approximate surface area is 88.4 Å². The highest BCUT2D eigenvalue weighted by atomic mass is 32.1. The molecule has 0 aromatic heterocycles. The number of carbonyl (C=O) groups is 1. The summed E-state index contributed by atoms with van der Waals surface area (Å²) in [6.07, 6.45) is 2.20. The average molecular weight is 217 g/mol. The molecule has 0 radical (unpaired) electrons. The normalized spacial score (nSPS) is 11.2. The van der Waals surface area contributed by atoms with Crippen molar-refractivity contribution >= 4 is 35.7 Å². The molecule has 6 nitrogen and oxygen atoms in total. The molecule has 0 saturated carbocycles. The van der Waals surface area contributed by atoms with Crippen molar-refractivity contribution in [1.29, 1.82) is 0 Å². The number of nitrogens with two attached hydrogens (primary N) is 2. The zero-order valence-electron chi connectivity index (χ0n) is 8.23. The van der Waals surface area contributed by atoms with Gasteiger partial charge in [0.25, 0.3) is 0 Å². The molecule has 0 fully saturated rings. The number of hydrazine groups is 1. The third kappa shape index (κ3) is 22.4. The Kier molecular flexibility index (Phi) is 12.6. The van der Waals surface area contributed by atoms with Crippen molar-refractivity contribution in [3.63, 3.8) is 0 Å². The summed E-state index contributed by atoms with van der Waals surface area (Å²) < 4.78 is 0. The van der Waals surface area contributed by atoms with E-state index < -0.39 is 0 Å². The SMILES string of the molecule is CC(N)=S.CC1=NCC=N1.NNC=O. The van der Waals surface area contributed by atoms with Crippen LogP contribution in [0.4, 0.5) is 0 Å². The molecule has 0 aliphatic carbocycles. The smallest absolute Gasteiger partial charge is 0.221 e. The Balaban J connectivity index is 0. The van der Waals surface area contributed by atoms with Crippen molar-refractivity contribution in [3.05, 3.63) is 0 Å². The van der Waals surface area contributed by atoms with Gasteiger partial charge in [0.1, 0.15) is 5.84 Å². The van der Waals surface area contributed by atoms with Crippen LogP contribution >= 0.6 is 12.2 Å². The van der Waals surface area contributed by atoms with Crippen molar-refractivity contribution in [2.45, 2.75) is 13.8 Å². The van der Waals surface area contributed by atoms with Crippen LogP contribution in [0, 0.1) is 0 Å². The highest BCUT2D eigenvalue weighted by Crippen LogP contribution is 1.84. The maximum Gasteiger partial charge on any atom is 0.221 e. The van der Waals surface area contributed by atoms with Crippen molar-refractivity contribution in [3.8, 4) is 0 Å². The van der Waals surface area contributed by atoms with Crippen LogP contribution in [0.25, 0.3) is 0 Å². The second kappa shape index (κ2) is 11.7. The molecule has 80 valence electrons. The first-order valence-corrected chi connectivity index (χ1v) is 4.14. The number of hydrogen-bond acceptors (Lipinski definition) is 5. The van der Waals surface area contributed by atoms with Crippen molar-refractivity contribution in [2.24, 2.45) is 21.6 Å². The molecule has 0 bridgehead atoms. The van der Waals surface area contributed by atoms with Gasteiger partial charge < -0.3 is 5.73 Å². The van der Waals surface area contributed by atoms with E-state index in [4.69, 9.17) is 10.5 Å². The molecule has 5 N–H and O–H groups in total. The van der Waals surface area contributed by atoms with Crippen molar-refractivity contribution < 1.29 is 4.79 Å². The first-order chi connectivity index (χ1) is 6.54. The van der Waals surface area contributed by atoms with Gasteiger partial charge in [-0.25, -0.2) is 10.8 Å². The van der Waals surface area contributed by atoms with Crippen LogP contribution in [-0.4, -0.2) is 30.0 Å². The fourth-order valence-corrected chi connectivity index (χ4v) is 0.387. The topological polar surface area (TPSA) is 106 Å². The monoisotopic (exact) mass is 217 g/mol.